The fourth-order valence-electron chi connectivity index (χ4n) is 1.67. The van der Waals surface area contributed by atoms with Crippen molar-refractivity contribution < 1.29 is 4.74 Å². The van der Waals surface area contributed by atoms with Crippen LogP contribution in [0.3, 0.4) is 0 Å². The van der Waals surface area contributed by atoms with Gasteiger partial charge in [0, 0.05) is 17.4 Å². The molecule has 0 spiro atoms. The number of fused-ring (bicyclic) bond motifs is 1. The summed E-state index contributed by atoms with van der Waals surface area (Å²) in [7, 11) is 0. The van der Waals surface area contributed by atoms with Crippen molar-refractivity contribution >= 4 is 6.21 Å². The van der Waals surface area contributed by atoms with Crippen molar-refractivity contribution in [2.75, 3.05) is 6.61 Å². The van der Waals surface area contributed by atoms with E-state index in [0.29, 0.717) is 0 Å². The van der Waals surface area contributed by atoms with E-state index in [1.807, 2.05) is 6.21 Å². The number of hydrogen-bond acceptors (Lipinski definition) is 2. The predicted octanol–water partition coefficient (Wildman–Crippen LogP) is 1.22. The molecule has 0 fully saturated rings. The van der Waals surface area contributed by atoms with Gasteiger partial charge in [-0.05, 0) is 5.57 Å². The van der Waals surface area contributed by atoms with E-state index in [9.17, 15) is 0 Å². The van der Waals surface area contributed by atoms with E-state index in [1.165, 1.54) is 16.7 Å². The van der Waals surface area contributed by atoms with Crippen LogP contribution in [0.5, 0.6) is 0 Å². The topological polar surface area (TPSA) is 21.6 Å². The van der Waals surface area contributed by atoms with Gasteiger partial charge in [0.25, 0.3) is 0 Å². The third-order valence-electron chi connectivity index (χ3n) is 2.22. The minimum absolute atomic E-state index is 0.0162. The van der Waals surface area contributed by atoms with Gasteiger partial charge in [-0.2, -0.15) is 0 Å². The minimum Gasteiger partial charge on any atom is -0.347 e. The van der Waals surface area contributed by atoms with Crippen molar-refractivity contribution in [1.82, 2.24) is 0 Å². The summed E-state index contributed by atoms with van der Waals surface area (Å²) in [5.41, 5.74) is 3.78. The highest BCUT2D eigenvalue weighted by molar-refractivity contribution is 5.86. The molecule has 3 heterocycles. The van der Waals surface area contributed by atoms with E-state index in [1.54, 1.807) is 0 Å². The largest absolute Gasteiger partial charge is 0.347 e. The smallest absolute Gasteiger partial charge is 0.175 e. The Kier molecular flexibility index (Phi) is 0.855. The molecule has 11 heavy (non-hydrogen) atoms. The highest BCUT2D eigenvalue weighted by atomic mass is 16.5. The zero-order valence-electron chi connectivity index (χ0n) is 5.95. The lowest BCUT2D eigenvalue weighted by molar-refractivity contribution is 0.0930. The lowest BCUT2D eigenvalue weighted by atomic mass is 9.98. The molecular weight excluding hydrogens is 138 g/mol. The van der Waals surface area contributed by atoms with Crippen LogP contribution >= 0.6 is 0 Å². The summed E-state index contributed by atoms with van der Waals surface area (Å²) in [5.74, 6) is 0. The van der Waals surface area contributed by atoms with Gasteiger partial charge < -0.3 is 4.74 Å². The summed E-state index contributed by atoms with van der Waals surface area (Å²) in [6.07, 6.45) is 8.18. The minimum atomic E-state index is -0.0162. The average Bonchev–Trinajstić information content (AvgIpc) is 2.55. The molecule has 0 aromatic carbocycles. The molecule has 4 aliphatic rings. The van der Waals surface area contributed by atoms with E-state index in [4.69, 9.17) is 4.74 Å². The summed E-state index contributed by atoms with van der Waals surface area (Å²) in [5, 5.41) is 0. The summed E-state index contributed by atoms with van der Waals surface area (Å²) >= 11 is 0. The van der Waals surface area contributed by atoms with E-state index in [2.05, 4.69) is 23.2 Å². The summed E-state index contributed by atoms with van der Waals surface area (Å²) in [4.78, 5) is 4.23. The predicted molar refractivity (Wildman–Crippen MR) is 42.5 cm³/mol. The maximum atomic E-state index is 5.43. The normalized spacial score (nSPS) is 31.3. The van der Waals surface area contributed by atoms with Crippen molar-refractivity contribution in [3.8, 4) is 0 Å². The molecular formula is C9H7NO. The molecule has 0 aromatic heterocycles. The van der Waals surface area contributed by atoms with Crippen molar-refractivity contribution in [1.29, 1.82) is 0 Å². The maximum Gasteiger partial charge on any atom is 0.175 e. The van der Waals surface area contributed by atoms with Gasteiger partial charge in [0.2, 0.25) is 0 Å². The van der Waals surface area contributed by atoms with Gasteiger partial charge in [0.05, 0.1) is 6.61 Å². The van der Waals surface area contributed by atoms with Gasteiger partial charge in [-0.25, -0.2) is 0 Å². The van der Waals surface area contributed by atoms with E-state index < -0.39 is 0 Å². The highest BCUT2D eigenvalue weighted by Crippen LogP contribution is 2.34. The Labute approximate surface area is 64.6 Å². The number of rotatable bonds is 0. The lowest BCUT2D eigenvalue weighted by Crippen LogP contribution is -2.27. The van der Waals surface area contributed by atoms with Gasteiger partial charge in [-0.3, -0.25) is 4.99 Å². The van der Waals surface area contributed by atoms with Crippen molar-refractivity contribution in [3.05, 3.63) is 34.9 Å². The Hall–Kier alpha value is -1.15. The van der Waals surface area contributed by atoms with Crippen LogP contribution in [-0.4, -0.2) is 19.0 Å². The van der Waals surface area contributed by atoms with Crippen LogP contribution in [0.2, 0.25) is 0 Å². The summed E-state index contributed by atoms with van der Waals surface area (Å²) < 4.78 is 5.43. The zero-order chi connectivity index (χ0) is 7.26. The standard InChI is InChI=1S/C9H7NO/c1-2-7-6-4-10-9(11-5-6)8(7)3-1/h1-4,9H,5H2. The number of hydrogen-bond donors (Lipinski definition) is 0. The molecule has 1 atom stereocenters. The van der Waals surface area contributed by atoms with Crippen LogP contribution in [0, 0.1) is 0 Å². The SMILES string of the molecule is C1=CC2=C3C=NC(OC3)C2=C1. The molecule has 2 heteroatoms. The molecule has 2 bridgehead atoms. The number of ether oxygens (including phenoxy) is 1. The molecule has 2 nitrogen and oxygen atoms in total. The molecule has 0 saturated heterocycles. The first-order valence-corrected chi connectivity index (χ1v) is 3.72. The van der Waals surface area contributed by atoms with Crippen molar-refractivity contribution in [2.45, 2.75) is 6.23 Å². The van der Waals surface area contributed by atoms with Crippen LogP contribution < -0.4 is 0 Å². The van der Waals surface area contributed by atoms with Gasteiger partial charge in [0.15, 0.2) is 6.23 Å². The van der Waals surface area contributed by atoms with Gasteiger partial charge in [0.1, 0.15) is 0 Å². The number of allylic oxidation sites excluding steroid dienone is 3. The second kappa shape index (κ2) is 1.71. The summed E-state index contributed by atoms with van der Waals surface area (Å²) in [6.45, 7) is 0.727. The first-order chi connectivity index (χ1) is 5.45. The number of nitrogens with zero attached hydrogens (tertiary/aromatic N) is 1. The Balaban J connectivity index is 2.29. The average molecular weight is 145 g/mol. The zero-order valence-corrected chi connectivity index (χ0v) is 5.95. The van der Waals surface area contributed by atoms with Crippen molar-refractivity contribution in [2.24, 2.45) is 4.99 Å². The van der Waals surface area contributed by atoms with Gasteiger partial charge >= 0.3 is 0 Å². The molecule has 1 unspecified atom stereocenters. The monoisotopic (exact) mass is 145 g/mol. The van der Waals surface area contributed by atoms with Crippen LogP contribution in [0.15, 0.2) is 39.9 Å². The molecule has 0 radical (unpaired) electrons. The highest BCUT2D eigenvalue weighted by Gasteiger charge is 2.29. The van der Waals surface area contributed by atoms with E-state index in [0.717, 1.165) is 6.61 Å². The molecule has 4 rings (SSSR count). The second-order valence-electron chi connectivity index (χ2n) is 2.86. The van der Waals surface area contributed by atoms with E-state index >= 15 is 0 Å². The Bertz CT molecular complexity index is 333. The molecule has 0 saturated carbocycles. The third kappa shape index (κ3) is 0.576. The number of dihydropyridines is 1. The number of aliphatic imine (C=N–C) groups is 1. The quantitative estimate of drug-likeness (QED) is 0.502. The molecule has 3 aliphatic heterocycles. The molecule has 0 amide bonds. The van der Waals surface area contributed by atoms with Crippen LogP contribution in [0.25, 0.3) is 0 Å². The van der Waals surface area contributed by atoms with Crippen LogP contribution in [-0.2, 0) is 4.74 Å². The molecule has 0 aromatic rings. The molecule has 1 aliphatic carbocycles. The third-order valence-corrected chi connectivity index (χ3v) is 2.22. The molecule has 54 valence electrons. The van der Waals surface area contributed by atoms with Crippen LogP contribution in [0.4, 0.5) is 0 Å². The lowest BCUT2D eigenvalue weighted by Gasteiger charge is -2.28. The van der Waals surface area contributed by atoms with Gasteiger partial charge in [-0.1, -0.05) is 18.2 Å². The Morgan fingerprint density at radius 3 is 3.27 bits per heavy atom. The van der Waals surface area contributed by atoms with Crippen molar-refractivity contribution in [3.63, 3.8) is 0 Å². The summed E-state index contributed by atoms with van der Waals surface area (Å²) in [6, 6.07) is 0. The first kappa shape index (κ1) is 5.49. The van der Waals surface area contributed by atoms with Crippen LogP contribution in [0.1, 0.15) is 0 Å². The fourth-order valence-corrected chi connectivity index (χ4v) is 1.67. The fraction of sp³-hybridized carbons (Fsp3) is 0.222. The first-order valence-electron chi connectivity index (χ1n) is 3.72. The second-order valence-corrected chi connectivity index (χ2v) is 2.86. The molecule has 0 N–H and O–H groups in total. The van der Waals surface area contributed by atoms with E-state index in [-0.39, 0.29) is 6.23 Å². The Morgan fingerprint density at radius 2 is 2.55 bits per heavy atom. The van der Waals surface area contributed by atoms with Gasteiger partial charge in [-0.15, -0.1) is 0 Å². The Morgan fingerprint density at radius 1 is 1.55 bits per heavy atom. The maximum absolute atomic E-state index is 5.43.